The van der Waals surface area contributed by atoms with Crippen molar-refractivity contribution >= 4 is 65.6 Å². The van der Waals surface area contributed by atoms with Gasteiger partial charge in [-0.2, -0.15) is 4.98 Å². The van der Waals surface area contributed by atoms with E-state index in [1.54, 1.807) is 0 Å². The second kappa shape index (κ2) is 6.02. The van der Waals surface area contributed by atoms with Gasteiger partial charge in [0.25, 0.3) is 0 Å². The van der Waals surface area contributed by atoms with Gasteiger partial charge in [0.2, 0.25) is 0 Å². The molecule has 0 amide bonds. The average molecular weight is 424 g/mol. The van der Waals surface area contributed by atoms with Crippen molar-refractivity contribution in [2.45, 2.75) is 0 Å². The van der Waals surface area contributed by atoms with Crippen LogP contribution in [0.4, 0.5) is 0 Å². The molecule has 8 aromatic rings. The number of nitrogens with zero attached hydrogens (tertiary/aromatic N) is 2. The quantitative estimate of drug-likeness (QED) is 0.268. The van der Waals surface area contributed by atoms with E-state index < -0.39 is 0 Å². The van der Waals surface area contributed by atoms with E-state index in [-0.39, 0.29) is 0 Å². The summed E-state index contributed by atoms with van der Waals surface area (Å²) in [6.07, 6.45) is 0. The summed E-state index contributed by atoms with van der Waals surface area (Å²) in [7, 11) is 0. The molecule has 4 heteroatoms. The monoisotopic (exact) mass is 424 g/mol. The molecule has 0 saturated heterocycles. The molecule has 0 N–H and O–H groups in total. The summed E-state index contributed by atoms with van der Waals surface area (Å²) < 4.78 is 14.6. The molecule has 0 aliphatic rings. The van der Waals surface area contributed by atoms with Gasteiger partial charge in [0.15, 0.2) is 5.58 Å². The summed E-state index contributed by atoms with van der Waals surface area (Å²) in [5.74, 6) is 0. The van der Waals surface area contributed by atoms with Gasteiger partial charge in [-0.15, -0.1) is 0 Å². The molecule has 0 atom stereocenters. The highest BCUT2D eigenvalue weighted by Gasteiger charge is 2.20. The first-order valence-corrected chi connectivity index (χ1v) is 11.0. The minimum Gasteiger partial charge on any atom is -0.456 e. The van der Waals surface area contributed by atoms with Crippen LogP contribution in [0.1, 0.15) is 0 Å². The number of oxazole rings is 1. The van der Waals surface area contributed by atoms with Crippen LogP contribution in [0.2, 0.25) is 0 Å². The van der Waals surface area contributed by atoms with Crippen LogP contribution >= 0.6 is 0 Å². The number of fused-ring (bicyclic) bond motifs is 9. The van der Waals surface area contributed by atoms with Gasteiger partial charge in [0, 0.05) is 16.2 Å². The predicted molar refractivity (Wildman–Crippen MR) is 133 cm³/mol. The maximum absolute atomic E-state index is 6.38. The van der Waals surface area contributed by atoms with Gasteiger partial charge >= 0.3 is 6.01 Å². The highest BCUT2D eigenvalue weighted by molar-refractivity contribution is 6.17. The van der Waals surface area contributed by atoms with Crippen LogP contribution in [0.25, 0.3) is 71.6 Å². The van der Waals surface area contributed by atoms with Crippen LogP contribution in [-0.4, -0.2) is 9.55 Å². The smallest absolute Gasteiger partial charge is 0.307 e. The van der Waals surface area contributed by atoms with Crippen LogP contribution < -0.4 is 0 Å². The summed E-state index contributed by atoms with van der Waals surface area (Å²) in [5, 5.41) is 6.81. The number of para-hydroxylation sites is 2. The molecule has 154 valence electrons. The Morgan fingerprint density at radius 1 is 0.545 bits per heavy atom. The van der Waals surface area contributed by atoms with E-state index in [4.69, 9.17) is 13.8 Å². The van der Waals surface area contributed by atoms with Gasteiger partial charge in [0.05, 0.1) is 16.4 Å². The van der Waals surface area contributed by atoms with E-state index in [9.17, 15) is 0 Å². The predicted octanol–water partition coefficient (Wildman–Crippen LogP) is 7.98. The summed E-state index contributed by atoms with van der Waals surface area (Å²) in [6, 6.07) is 33.9. The number of benzene rings is 5. The Kier molecular flexibility index (Phi) is 3.11. The van der Waals surface area contributed by atoms with Crippen molar-refractivity contribution in [2.24, 2.45) is 0 Å². The number of furan rings is 1. The largest absolute Gasteiger partial charge is 0.456 e. The molecule has 0 saturated carbocycles. The van der Waals surface area contributed by atoms with Crippen molar-refractivity contribution in [2.75, 3.05) is 0 Å². The third-order valence-corrected chi connectivity index (χ3v) is 6.62. The summed E-state index contributed by atoms with van der Waals surface area (Å²) in [4.78, 5) is 5.02. The summed E-state index contributed by atoms with van der Waals surface area (Å²) in [5.41, 5.74) is 5.39. The fourth-order valence-electron chi connectivity index (χ4n) is 5.15. The Hall–Kier alpha value is -4.57. The van der Waals surface area contributed by atoms with Crippen molar-refractivity contribution in [3.8, 4) is 6.01 Å². The van der Waals surface area contributed by atoms with Gasteiger partial charge in [0.1, 0.15) is 16.7 Å². The molecule has 0 fully saturated rings. The van der Waals surface area contributed by atoms with Crippen molar-refractivity contribution < 1.29 is 8.83 Å². The molecule has 0 aliphatic carbocycles. The van der Waals surface area contributed by atoms with E-state index in [1.807, 2.05) is 30.3 Å². The standard InChI is InChI=1S/C29H16N2O2/c1-2-8-18-16-23-21(15-17(18)7-1)19-9-3-5-11-22(19)31(23)29-30-28-26(33-29)14-13-25-27(28)20-10-4-6-12-24(20)32-25/h1-16H. The lowest BCUT2D eigenvalue weighted by atomic mass is 10.1. The lowest BCUT2D eigenvalue weighted by Crippen LogP contribution is -1.93. The van der Waals surface area contributed by atoms with Crippen molar-refractivity contribution in [3.63, 3.8) is 0 Å². The van der Waals surface area contributed by atoms with Gasteiger partial charge in [-0.25, -0.2) is 0 Å². The molecular weight excluding hydrogens is 408 g/mol. The SMILES string of the molecule is c1ccc2cc3c(cc2c1)c1ccccc1n3-c1nc2c(ccc3oc4ccccc4c32)o1. The molecule has 0 unspecified atom stereocenters. The zero-order valence-electron chi connectivity index (χ0n) is 17.4. The second-order valence-corrected chi connectivity index (χ2v) is 8.45. The topological polar surface area (TPSA) is 44.1 Å². The van der Waals surface area contributed by atoms with Crippen LogP contribution in [0.3, 0.4) is 0 Å². The first kappa shape index (κ1) is 17.0. The van der Waals surface area contributed by atoms with E-state index >= 15 is 0 Å². The fourth-order valence-corrected chi connectivity index (χ4v) is 5.15. The van der Waals surface area contributed by atoms with Crippen molar-refractivity contribution in [3.05, 3.63) is 97.1 Å². The third-order valence-electron chi connectivity index (χ3n) is 6.62. The molecule has 5 aromatic carbocycles. The molecule has 3 heterocycles. The normalized spacial score (nSPS) is 12.2. The average Bonchev–Trinajstić information content (AvgIpc) is 3.53. The van der Waals surface area contributed by atoms with Gasteiger partial charge in [-0.1, -0.05) is 60.7 Å². The Bertz CT molecular complexity index is 2040. The highest BCUT2D eigenvalue weighted by atomic mass is 16.4. The Morgan fingerprint density at radius 2 is 1.27 bits per heavy atom. The van der Waals surface area contributed by atoms with E-state index in [1.165, 1.54) is 21.5 Å². The van der Waals surface area contributed by atoms with Gasteiger partial charge in [-0.05, 0) is 47.2 Å². The number of rotatable bonds is 1. The lowest BCUT2D eigenvalue weighted by molar-refractivity contribution is 0.574. The Morgan fingerprint density at radius 3 is 2.18 bits per heavy atom. The molecule has 33 heavy (non-hydrogen) atoms. The maximum Gasteiger partial charge on any atom is 0.307 e. The molecule has 0 aliphatic heterocycles. The van der Waals surface area contributed by atoms with Crippen molar-refractivity contribution in [1.82, 2.24) is 9.55 Å². The zero-order valence-corrected chi connectivity index (χ0v) is 17.4. The van der Waals surface area contributed by atoms with Crippen molar-refractivity contribution in [1.29, 1.82) is 0 Å². The van der Waals surface area contributed by atoms with Gasteiger partial charge in [-0.3, -0.25) is 4.57 Å². The summed E-state index contributed by atoms with van der Waals surface area (Å²) >= 11 is 0. The number of hydrogen-bond acceptors (Lipinski definition) is 3. The third kappa shape index (κ3) is 2.22. The minimum atomic E-state index is 0.560. The number of hydrogen-bond donors (Lipinski definition) is 0. The van der Waals surface area contributed by atoms with Crippen LogP contribution in [0.15, 0.2) is 106 Å². The Balaban J connectivity index is 1.52. The first-order valence-electron chi connectivity index (χ1n) is 11.0. The Labute approximate surface area is 187 Å². The van der Waals surface area contributed by atoms with E-state index in [2.05, 4.69) is 71.3 Å². The molecule has 4 nitrogen and oxygen atoms in total. The fraction of sp³-hybridized carbons (Fsp3) is 0. The zero-order chi connectivity index (χ0) is 21.5. The molecule has 0 radical (unpaired) electrons. The number of aromatic nitrogens is 2. The summed E-state index contributed by atoms with van der Waals surface area (Å²) in [6.45, 7) is 0. The molecular formula is C29H16N2O2. The minimum absolute atomic E-state index is 0.560. The molecule has 0 bridgehead atoms. The van der Waals surface area contributed by atoms with Crippen LogP contribution in [-0.2, 0) is 0 Å². The van der Waals surface area contributed by atoms with E-state index in [0.717, 1.165) is 44.1 Å². The maximum atomic E-state index is 6.38. The van der Waals surface area contributed by atoms with Crippen LogP contribution in [0.5, 0.6) is 0 Å². The molecule has 8 rings (SSSR count). The highest BCUT2D eigenvalue weighted by Crippen LogP contribution is 2.38. The lowest BCUT2D eigenvalue weighted by Gasteiger charge is -2.03. The van der Waals surface area contributed by atoms with E-state index in [0.29, 0.717) is 6.01 Å². The molecule has 0 spiro atoms. The second-order valence-electron chi connectivity index (χ2n) is 8.45. The van der Waals surface area contributed by atoms with Crippen LogP contribution in [0, 0.1) is 0 Å². The van der Waals surface area contributed by atoms with Gasteiger partial charge < -0.3 is 8.83 Å². The molecule has 3 aromatic heterocycles. The first-order chi connectivity index (χ1) is 16.3.